The lowest BCUT2D eigenvalue weighted by Crippen LogP contribution is -2.15. The lowest BCUT2D eigenvalue weighted by Gasteiger charge is -2.04. The fourth-order valence-corrected chi connectivity index (χ4v) is 1.68. The van der Waals surface area contributed by atoms with Crippen molar-refractivity contribution in [1.29, 1.82) is 5.26 Å². The van der Waals surface area contributed by atoms with E-state index in [4.69, 9.17) is 16.9 Å². The number of carbonyl (C=O) groups is 1. The number of halogens is 1. The van der Waals surface area contributed by atoms with E-state index in [0.717, 1.165) is 5.56 Å². The Kier molecular flexibility index (Phi) is 4.18. The Morgan fingerprint density at radius 3 is 2.65 bits per heavy atom. The fraction of sp³-hybridized carbons (Fsp3) is 0.0714. The molecule has 0 bridgehead atoms. The van der Waals surface area contributed by atoms with E-state index in [-0.39, 0.29) is 5.57 Å². The second kappa shape index (κ2) is 6.04. The first kappa shape index (κ1) is 13.8. The highest BCUT2D eigenvalue weighted by molar-refractivity contribution is 6.30. The lowest BCUT2D eigenvalue weighted by atomic mass is 10.1. The van der Waals surface area contributed by atoms with E-state index in [9.17, 15) is 4.79 Å². The molecule has 2 rings (SSSR count). The van der Waals surface area contributed by atoms with Gasteiger partial charge in [-0.25, -0.2) is 0 Å². The molecule has 100 valence electrons. The molecular formula is C14H11ClN4O. The second-order valence-electron chi connectivity index (χ2n) is 4.02. The zero-order valence-corrected chi connectivity index (χ0v) is 11.4. The van der Waals surface area contributed by atoms with Crippen molar-refractivity contribution in [3.63, 3.8) is 0 Å². The Balaban J connectivity index is 2.20. The van der Waals surface area contributed by atoms with Crippen molar-refractivity contribution in [1.82, 2.24) is 9.78 Å². The zero-order chi connectivity index (χ0) is 14.5. The normalized spacial score (nSPS) is 10.9. The number of hydrogen-bond acceptors (Lipinski definition) is 3. The monoisotopic (exact) mass is 286 g/mol. The SMILES string of the molecule is Cn1nccc1NC(=O)/C(C#N)=C/c1ccc(Cl)cc1. The molecule has 0 radical (unpaired) electrons. The van der Waals surface area contributed by atoms with Gasteiger partial charge in [0.15, 0.2) is 0 Å². The quantitative estimate of drug-likeness (QED) is 0.696. The van der Waals surface area contributed by atoms with Crippen molar-refractivity contribution in [3.05, 3.63) is 52.7 Å². The van der Waals surface area contributed by atoms with Crippen LogP contribution in [0.5, 0.6) is 0 Å². The summed E-state index contributed by atoms with van der Waals surface area (Å²) >= 11 is 5.78. The number of aryl methyl sites for hydroxylation is 1. The molecule has 1 aromatic carbocycles. The van der Waals surface area contributed by atoms with Gasteiger partial charge in [-0.15, -0.1) is 0 Å². The minimum absolute atomic E-state index is 0.00789. The number of rotatable bonds is 3. The molecule has 0 aliphatic rings. The second-order valence-corrected chi connectivity index (χ2v) is 4.45. The molecule has 0 atom stereocenters. The molecule has 1 amide bonds. The molecule has 0 fully saturated rings. The third-order valence-electron chi connectivity index (χ3n) is 2.61. The Hall–Kier alpha value is -2.58. The third-order valence-corrected chi connectivity index (χ3v) is 2.86. The Bertz CT molecular complexity index is 695. The van der Waals surface area contributed by atoms with E-state index in [1.807, 2.05) is 6.07 Å². The van der Waals surface area contributed by atoms with Crippen molar-refractivity contribution < 1.29 is 4.79 Å². The minimum atomic E-state index is -0.481. The number of anilines is 1. The van der Waals surface area contributed by atoms with E-state index < -0.39 is 5.91 Å². The molecular weight excluding hydrogens is 276 g/mol. The molecule has 20 heavy (non-hydrogen) atoms. The first-order chi connectivity index (χ1) is 9.60. The number of benzene rings is 1. The summed E-state index contributed by atoms with van der Waals surface area (Å²) in [4.78, 5) is 12.0. The highest BCUT2D eigenvalue weighted by atomic mass is 35.5. The molecule has 5 nitrogen and oxygen atoms in total. The third kappa shape index (κ3) is 3.25. The van der Waals surface area contributed by atoms with Crippen LogP contribution in [0.3, 0.4) is 0 Å². The maximum absolute atomic E-state index is 12.0. The maximum Gasteiger partial charge on any atom is 0.267 e. The Labute approximate surface area is 121 Å². The van der Waals surface area contributed by atoms with Crippen LogP contribution < -0.4 is 5.32 Å². The molecule has 6 heteroatoms. The molecule has 1 heterocycles. The number of nitrogens with one attached hydrogen (secondary N) is 1. The van der Waals surface area contributed by atoms with Gasteiger partial charge in [0.1, 0.15) is 17.5 Å². The summed E-state index contributed by atoms with van der Waals surface area (Å²) in [5.74, 6) is 0.0401. The fourth-order valence-electron chi connectivity index (χ4n) is 1.55. The lowest BCUT2D eigenvalue weighted by molar-refractivity contribution is -0.112. The van der Waals surface area contributed by atoms with Crippen LogP contribution in [0.25, 0.3) is 6.08 Å². The van der Waals surface area contributed by atoms with Crippen LogP contribution in [0, 0.1) is 11.3 Å². The number of nitriles is 1. The Morgan fingerprint density at radius 2 is 2.10 bits per heavy atom. The predicted octanol–water partition coefficient (Wildman–Crippen LogP) is 2.62. The van der Waals surface area contributed by atoms with Gasteiger partial charge in [0, 0.05) is 18.1 Å². The van der Waals surface area contributed by atoms with Crippen molar-refractivity contribution >= 4 is 29.4 Å². The summed E-state index contributed by atoms with van der Waals surface area (Å²) in [7, 11) is 1.70. The summed E-state index contributed by atoms with van der Waals surface area (Å²) in [5, 5.41) is 16.2. The zero-order valence-electron chi connectivity index (χ0n) is 10.7. The average Bonchev–Trinajstić information content (AvgIpc) is 2.83. The molecule has 0 saturated carbocycles. The first-order valence-electron chi connectivity index (χ1n) is 5.77. The number of aromatic nitrogens is 2. The van der Waals surface area contributed by atoms with Crippen molar-refractivity contribution in [2.45, 2.75) is 0 Å². The minimum Gasteiger partial charge on any atom is -0.306 e. The van der Waals surface area contributed by atoms with Crippen LogP contribution in [0.15, 0.2) is 42.1 Å². The summed E-state index contributed by atoms with van der Waals surface area (Å²) in [6, 6.07) is 10.4. The van der Waals surface area contributed by atoms with E-state index in [2.05, 4.69) is 10.4 Å². The van der Waals surface area contributed by atoms with Crippen molar-refractivity contribution in [2.24, 2.45) is 7.05 Å². The highest BCUT2D eigenvalue weighted by Crippen LogP contribution is 2.13. The van der Waals surface area contributed by atoms with Gasteiger partial charge in [0.25, 0.3) is 5.91 Å². The molecule has 0 saturated heterocycles. The topological polar surface area (TPSA) is 70.7 Å². The van der Waals surface area contributed by atoms with Crippen LogP contribution in [-0.2, 0) is 11.8 Å². The van der Waals surface area contributed by atoms with Crippen LogP contribution in [0.4, 0.5) is 5.82 Å². The number of nitrogens with zero attached hydrogens (tertiary/aromatic N) is 3. The van der Waals surface area contributed by atoms with Gasteiger partial charge in [-0.1, -0.05) is 23.7 Å². The van der Waals surface area contributed by atoms with Crippen molar-refractivity contribution in [3.8, 4) is 6.07 Å². The molecule has 0 aliphatic carbocycles. The Morgan fingerprint density at radius 1 is 1.40 bits per heavy atom. The van der Waals surface area contributed by atoms with E-state index in [1.54, 1.807) is 43.6 Å². The van der Waals surface area contributed by atoms with Gasteiger partial charge in [-0.05, 0) is 23.8 Å². The van der Waals surface area contributed by atoms with Gasteiger partial charge in [0.2, 0.25) is 0 Å². The van der Waals surface area contributed by atoms with Crippen molar-refractivity contribution in [2.75, 3.05) is 5.32 Å². The number of hydrogen-bond donors (Lipinski definition) is 1. The summed E-state index contributed by atoms with van der Waals surface area (Å²) < 4.78 is 1.51. The standard InChI is InChI=1S/C14H11ClN4O/c1-19-13(6-7-17-19)18-14(20)11(9-16)8-10-2-4-12(15)5-3-10/h2-8H,1H3,(H,18,20)/b11-8+. The number of amides is 1. The maximum atomic E-state index is 12.0. The highest BCUT2D eigenvalue weighted by Gasteiger charge is 2.11. The molecule has 0 unspecified atom stereocenters. The smallest absolute Gasteiger partial charge is 0.267 e. The van der Waals surface area contributed by atoms with Crippen LogP contribution in [0.2, 0.25) is 5.02 Å². The largest absolute Gasteiger partial charge is 0.306 e. The molecule has 1 aromatic heterocycles. The molecule has 0 aliphatic heterocycles. The molecule has 2 aromatic rings. The average molecular weight is 287 g/mol. The van der Waals surface area contributed by atoms with E-state index in [1.165, 1.54) is 10.8 Å². The molecule has 1 N–H and O–H groups in total. The van der Waals surface area contributed by atoms with Gasteiger partial charge >= 0.3 is 0 Å². The summed E-state index contributed by atoms with van der Waals surface area (Å²) in [6.45, 7) is 0. The van der Waals surface area contributed by atoms with E-state index in [0.29, 0.717) is 10.8 Å². The number of carbonyl (C=O) groups excluding carboxylic acids is 1. The van der Waals surface area contributed by atoms with Crippen LogP contribution >= 0.6 is 11.6 Å². The van der Waals surface area contributed by atoms with Gasteiger partial charge in [0.05, 0.1) is 6.20 Å². The van der Waals surface area contributed by atoms with Crippen LogP contribution in [-0.4, -0.2) is 15.7 Å². The van der Waals surface area contributed by atoms with E-state index >= 15 is 0 Å². The summed E-state index contributed by atoms with van der Waals surface area (Å²) in [5.41, 5.74) is 0.736. The van der Waals surface area contributed by atoms with Gasteiger partial charge in [-0.2, -0.15) is 10.4 Å². The predicted molar refractivity (Wildman–Crippen MR) is 76.9 cm³/mol. The first-order valence-corrected chi connectivity index (χ1v) is 6.14. The van der Waals surface area contributed by atoms with Gasteiger partial charge < -0.3 is 5.32 Å². The molecule has 0 spiro atoms. The summed E-state index contributed by atoms with van der Waals surface area (Å²) in [6.07, 6.45) is 3.06. The van der Waals surface area contributed by atoms with Gasteiger partial charge in [-0.3, -0.25) is 9.48 Å². The van der Waals surface area contributed by atoms with Crippen LogP contribution in [0.1, 0.15) is 5.56 Å².